The van der Waals surface area contributed by atoms with Crippen LogP contribution in [0, 0.1) is 11.2 Å². The standard InChI is InChI=1S/C17H21FN2O3/c1-3-15(21)20-10-8-17(2,12-20)16(22)19-9-11-23-14-6-4-13(18)5-7-14/h3-7H,1,8-12H2,2H3,(H,19,22). The van der Waals surface area contributed by atoms with Crippen molar-refractivity contribution in [3.63, 3.8) is 0 Å². The first-order valence-electron chi connectivity index (χ1n) is 7.53. The molecular formula is C17H21FN2O3. The smallest absolute Gasteiger partial charge is 0.245 e. The van der Waals surface area contributed by atoms with Gasteiger partial charge in [-0.1, -0.05) is 6.58 Å². The fraction of sp³-hybridized carbons (Fsp3) is 0.412. The third-order valence-corrected chi connectivity index (χ3v) is 3.98. The summed E-state index contributed by atoms with van der Waals surface area (Å²) >= 11 is 0. The SMILES string of the molecule is C=CC(=O)N1CCC(C)(C(=O)NCCOc2ccc(F)cc2)C1. The van der Waals surface area contributed by atoms with Crippen LogP contribution in [0.25, 0.3) is 0 Å². The fourth-order valence-electron chi connectivity index (χ4n) is 2.54. The number of likely N-dealkylation sites (tertiary alicyclic amines) is 1. The van der Waals surface area contributed by atoms with Crippen molar-refractivity contribution in [3.05, 3.63) is 42.7 Å². The van der Waals surface area contributed by atoms with E-state index in [1.165, 1.54) is 30.3 Å². The summed E-state index contributed by atoms with van der Waals surface area (Å²) in [5.41, 5.74) is -0.589. The van der Waals surface area contributed by atoms with Gasteiger partial charge in [0.15, 0.2) is 0 Å². The number of hydrogen-bond acceptors (Lipinski definition) is 3. The summed E-state index contributed by atoms with van der Waals surface area (Å²) in [4.78, 5) is 25.5. The molecule has 0 aliphatic carbocycles. The molecule has 0 radical (unpaired) electrons. The second kappa shape index (κ2) is 7.26. The first-order chi connectivity index (χ1) is 10.9. The number of ether oxygens (including phenoxy) is 1. The molecule has 6 heteroatoms. The van der Waals surface area contributed by atoms with Crippen LogP contribution in [0.2, 0.25) is 0 Å². The van der Waals surface area contributed by atoms with E-state index in [9.17, 15) is 14.0 Å². The lowest BCUT2D eigenvalue weighted by Crippen LogP contribution is -2.42. The topological polar surface area (TPSA) is 58.6 Å². The van der Waals surface area contributed by atoms with Gasteiger partial charge in [0.25, 0.3) is 0 Å². The highest BCUT2D eigenvalue weighted by Gasteiger charge is 2.41. The largest absolute Gasteiger partial charge is 0.492 e. The summed E-state index contributed by atoms with van der Waals surface area (Å²) in [7, 11) is 0. The third kappa shape index (κ3) is 4.31. The molecule has 1 saturated heterocycles. The Labute approximate surface area is 135 Å². The van der Waals surface area contributed by atoms with Gasteiger partial charge in [-0.05, 0) is 43.7 Å². The average molecular weight is 320 g/mol. The van der Waals surface area contributed by atoms with Crippen molar-refractivity contribution in [1.82, 2.24) is 10.2 Å². The molecule has 1 atom stereocenters. The highest BCUT2D eigenvalue weighted by Crippen LogP contribution is 2.30. The Bertz CT molecular complexity index is 588. The number of amides is 2. The van der Waals surface area contributed by atoms with E-state index in [-0.39, 0.29) is 17.6 Å². The van der Waals surface area contributed by atoms with E-state index in [0.29, 0.717) is 38.4 Å². The normalized spacial score (nSPS) is 20.2. The number of benzene rings is 1. The van der Waals surface area contributed by atoms with Gasteiger partial charge in [-0.2, -0.15) is 0 Å². The van der Waals surface area contributed by atoms with Crippen LogP contribution in [-0.4, -0.2) is 43.0 Å². The van der Waals surface area contributed by atoms with Crippen molar-refractivity contribution in [3.8, 4) is 5.75 Å². The molecule has 2 rings (SSSR count). The lowest BCUT2D eigenvalue weighted by atomic mass is 9.89. The van der Waals surface area contributed by atoms with Crippen LogP contribution in [0.5, 0.6) is 5.75 Å². The Hall–Kier alpha value is -2.37. The minimum absolute atomic E-state index is 0.0976. The van der Waals surface area contributed by atoms with Crippen LogP contribution in [0.3, 0.4) is 0 Å². The number of rotatable bonds is 6. The molecule has 1 fully saturated rings. The Morgan fingerprint density at radius 3 is 2.78 bits per heavy atom. The van der Waals surface area contributed by atoms with E-state index in [0.717, 1.165) is 0 Å². The second-order valence-corrected chi connectivity index (χ2v) is 5.83. The van der Waals surface area contributed by atoms with E-state index >= 15 is 0 Å². The zero-order valence-electron chi connectivity index (χ0n) is 13.2. The molecule has 124 valence electrons. The van der Waals surface area contributed by atoms with Gasteiger partial charge in [0.05, 0.1) is 12.0 Å². The molecule has 0 bridgehead atoms. The lowest BCUT2D eigenvalue weighted by molar-refractivity contribution is -0.130. The van der Waals surface area contributed by atoms with Crippen LogP contribution < -0.4 is 10.1 Å². The Kier molecular flexibility index (Phi) is 5.36. The molecule has 1 aromatic carbocycles. The highest BCUT2D eigenvalue weighted by atomic mass is 19.1. The van der Waals surface area contributed by atoms with Crippen LogP contribution in [0.1, 0.15) is 13.3 Å². The zero-order chi connectivity index (χ0) is 16.9. The molecule has 1 aliphatic rings. The summed E-state index contributed by atoms with van der Waals surface area (Å²) in [5, 5.41) is 2.82. The lowest BCUT2D eigenvalue weighted by Gasteiger charge is -2.23. The molecule has 0 aromatic heterocycles. The van der Waals surface area contributed by atoms with Crippen molar-refractivity contribution in [2.45, 2.75) is 13.3 Å². The first-order valence-corrected chi connectivity index (χ1v) is 7.53. The Balaban J connectivity index is 1.75. The molecule has 1 aliphatic heterocycles. The van der Waals surface area contributed by atoms with Gasteiger partial charge in [0, 0.05) is 13.1 Å². The number of nitrogens with one attached hydrogen (secondary N) is 1. The molecule has 1 unspecified atom stereocenters. The van der Waals surface area contributed by atoms with Crippen LogP contribution >= 0.6 is 0 Å². The van der Waals surface area contributed by atoms with Gasteiger partial charge < -0.3 is 15.0 Å². The third-order valence-electron chi connectivity index (χ3n) is 3.98. The number of carbonyl (C=O) groups excluding carboxylic acids is 2. The first kappa shape index (κ1) is 17.0. The molecule has 0 saturated carbocycles. The number of nitrogens with zero attached hydrogens (tertiary/aromatic N) is 1. The van der Waals surface area contributed by atoms with Gasteiger partial charge in [0.2, 0.25) is 11.8 Å². The summed E-state index contributed by atoms with van der Waals surface area (Å²) in [6.07, 6.45) is 1.89. The van der Waals surface area contributed by atoms with E-state index < -0.39 is 5.41 Å². The van der Waals surface area contributed by atoms with E-state index in [1.54, 1.807) is 4.90 Å². The van der Waals surface area contributed by atoms with Crippen LogP contribution in [0.4, 0.5) is 4.39 Å². The van der Waals surface area contributed by atoms with Crippen molar-refractivity contribution in [1.29, 1.82) is 0 Å². The van der Waals surface area contributed by atoms with E-state index in [1.807, 2.05) is 6.92 Å². The maximum atomic E-state index is 12.8. The maximum absolute atomic E-state index is 12.8. The molecular weight excluding hydrogens is 299 g/mol. The molecule has 0 spiro atoms. The zero-order valence-corrected chi connectivity index (χ0v) is 13.2. The maximum Gasteiger partial charge on any atom is 0.245 e. The molecule has 1 heterocycles. The minimum atomic E-state index is -0.589. The van der Waals surface area contributed by atoms with Crippen LogP contribution in [0.15, 0.2) is 36.9 Å². The van der Waals surface area contributed by atoms with E-state index in [4.69, 9.17) is 4.74 Å². The monoisotopic (exact) mass is 320 g/mol. The molecule has 2 amide bonds. The highest BCUT2D eigenvalue weighted by molar-refractivity contribution is 5.89. The predicted octanol–water partition coefficient (Wildman–Crippen LogP) is 1.75. The van der Waals surface area contributed by atoms with Crippen molar-refractivity contribution in [2.24, 2.45) is 5.41 Å². The number of hydrogen-bond donors (Lipinski definition) is 1. The Morgan fingerprint density at radius 2 is 2.13 bits per heavy atom. The quantitative estimate of drug-likeness (QED) is 0.642. The average Bonchev–Trinajstić information content (AvgIpc) is 2.96. The Morgan fingerprint density at radius 1 is 1.43 bits per heavy atom. The summed E-state index contributed by atoms with van der Waals surface area (Å²) in [6, 6.07) is 5.71. The molecule has 5 nitrogen and oxygen atoms in total. The minimum Gasteiger partial charge on any atom is -0.492 e. The van der Waals surface area contributed by atoms with Crippen molar-refractivity contribution < 1.29 is 18.7 Å². The number of halogens is 1. The van der Waals surface area contributed by atoms with Gasteiger partial charge in [-0.25, -0.2) is 4.39 Å². The van der Waals surface area contributed by atoms with Crippen molar-refractivity contribution >= 4 is 11.8 Å². The fourth-order valence-corrected chi connectivity index (χ4v) is 2.54. The molecule has 23 heavy (non-hydrogen) atoms. The summed E-state index contributed by atoms with van der Waals surface area (Å²) < 4.78 is 18.2. The predicted molar refractivity (Wildman–Crippen MR) is 84.4 cm³/mol. The van der Waals surface area contributed by atoms with E-state index in [2.05, 4.69) is 11.9 Å². The van der Waals surface area contributed by atoms with Gasteiger partial charge >= 0.3 is 0 Å². The molecule has 1 aromatic rings. The van der Waals surface area contributed by atoms with Crippen LogP contribution in [-0.2, 0) is 9.59 Å². The van der Waals surface area contributed by atoms with Gasteiger partial charge in [0.1, 0.15) is 18.2 Å². The summed E-state index contributed by atoms with van der Waals surface area (Å²) in [6.45, 7) is 6.90. The van der Waals surface area contributed by atoms with Gasteiger partial charge in [-0.15, -0.1) is 0 Å². The van der Waals surface area contributed by atoms with Gasteiger partial charge in [-0.3, -0.25) is 9.59 Å². The van der Waals surface area contributed by atoms with Crippen molar-refractivity contribution in [2.75, 3.05) is 26.2 Å². The second-order valence-electron chi connectivity index (χ2n) is 5.83. The molecule has 1 N–H and O–H groups in total. The summed E-state index contributed by atoms with van der Waals surface area (Å²) in [5.74, 6) is -0.0188. The number of carbonyl (C=O) groups is 2.